The number of carbonyl (C=O) groups is 1. The maximum absolute atomic E-state index is 12.8. The van der Waals surface area contributed by atoms with E-state index in [-0.39, 0.29) is 17.9 Å². The van der Waals surface area contributed by atoms with Gasteiger partial charge in [-0.05, 0) is 62.1 Å². The first-order valence-electron chi connectivity index (χ1n) is 9.66. The predicted octanol–water partition coefficient (Wildman–Crippen LogP) is 3.19. The van der Waals surface area contributed by atoms with Crippen molar-refractivity contribution in [3.05, 3.63) is 29.3 Å². The van der Waals surface area contributed by atoms with E-state index in [0.29, 0.717) is 17.9 Å². The lowest BCUT2D eigenvalue weighted by Crippen LogP contribution is -2.50. The molecule has 1 amide bonds. The minimum Gasteiger partial charge on any atom is -0.369 e. The summed E-state index contributed by atoms with van der Waals surface area (Å²) in [6.07, 6.45) is 6.65. The number of anilines is 1. The molecule has 25 heavy (non-hydrogen) atoms. The summed E-state index contributed by atoms with van der Waals surface area (Å²) in [5.74, 6) is 1.52. The molecule has 3 fully saturated rings. The first kappa shape index (κ1) is 17.2. The highest BCUT2D eigenvalue weighted by molar-refractivity contribution is 6.30. The molecule has 3 N–H and O–H groups in total. The van der Waals surface area contributed by atoms with Crippen LogP contribution < -0.4 is 16.0 Å². The van der Waals surface area contributed by atoms with Crippen molar-refractivity contribution in [1.29, 1.82) is 0 Å². The van der Waals surface area contributed by atoms with Gasteiger partial charge in [0.05, 0.1) is 0 Å². The molecule has 2 saturated carbocycles. The highest BCUT2D eigenvalue weighted by Gasteiger charge is 2.41. The Balaban J connectivity index is 1.33. The number of benzene rings is 1. The van der Waals surface area contributed by atoms with Gasteiger partial charge in [-0.15, -0.1) is 0 Å². The van der Waals surface area contributed by atoms with Gasteiger partial charge in [0.2, 0.25) is 5.91 Å². The molecule has 3 aliphatic rings. The monoisotopic (exact) mass is 361 g/mol. The number of hydrogen-bond donors (Lipinski definition) is 2. The second-order valence-electron chi connectivity index (χ2n) is 8.12. The van der Waals surface area contributed by atoms with E-state index < -0.39 is 0 Å². The second kappa shape index (κ2) is 7.16. The van der Waals surface area contributed by atoms with Crippen LogP contribution in [-0.4, -0.2) is 31.1 Å². The summed E-state index contributed by atoms with van der Waals surface area (Å²) in [5, 5.41) is 4.07. The van der Waals surface area contributed by atoms with Crippen molar-refractivity contribution in [2.75, 3.05) is 18.0 Å². The van der Waals surface area contributed by atoms with E-state index in [1.165, 1.54) is 19.3 Å². The molecule has 1 aromatic carbocycles. The van der Waals surface area contributed by atoms with Crippen LogP contribution in [0.3, 0.4) is 0 Å². The Labute approximate surface area is 155 Å². The smallest absolute Gasteiger partial charge is 0.223 e. The normalized spacial score (nSPS) is 34.8. The number of fused-ring (bicyclic) bond motifs is 2. The third-order valence-electron chi connectivity index (χ3n) is 6.49. The van der Waals surface area contributed by atoms with Crippen molar-refractivity contribution in [3.8, 4) is 0 Å². The molecular formula is C20H28ClN3O. The van der Waals surface area contributed by atoms with Crippen LogP contribution >= 0.6 is 11.6 Å². The summed E-state index contributed by atoms with van der Waals surface area (Å²) >= 11 is 6.10. The van der Waals surface area contributed by atoms with E-state index >= 15 is 0 Å². The summed E-state index contributed by atoms with van der Waals surface area (Å²) in [7, 11) is 0. The van der Waals surface area contributed by atoms with E-state index in [1.54, 1.807) is 0 Å². The van der Waals surface area contributed by atoms with Gasteiger partial charge in [-0.25, -0.2) is 0 Å². The van der Waals surface area contributed by atoms with Crippen molar-refractivity contribution < 1.29 is 4.79 Å². The molecule has 0 aromatic heterocycles. The number of rotatable bonds is 3. The van der Waals surface area contributed by atoms with Gasteiger partial charge >= 0.3 is 0 Å². The fourth-order valence-corrected chi connectivity index (χ4v) is 5.29. The Morgan fingerprint density at radius 1 is 1.20 bits per heavy atom. The number of halogens is 1. The zero-order valence-corrected chi connectivity index (χ0v) is 15.4. The quantitative estimate of drug-likeness (QED) is 0.869. The Morgan fingerprint density at radius 3 is 2.68 bits per heavy atom. The summed E-state index contributed by atoms with van der Waals surface area (Å²) in [6.45, 7) is 1.83. The topological polar surface area (TPSA) is 58.4 Å². The van der Waals surface area contributed by atoms with Crippen molar-refractivity contribution in [1.82, 2.24) is 5.32 Å². The van der Waals surface area contributed by atoms with Crippen LogP contribution in [0.25, 0.3) is 0 Å². The number of hydrogen-bond acceptors (Lipinski definition) is 3. The van der Waals surface area contributed by atoms with Crippen LogP contribution in [0.15, 0.2) is 24.3 Å². The molecule has 1 heterocycles. The number of nitrogens with two attached hydrogens (primary N) is 1. The zero-order chi connectivity index (χ0) is 17.4. The highest BCUT2D eigenvalue weighted by Crippen LogP contribution is 2.42. The van der Waals surface area contributed by atoms with E-state index in [1.807, 2.05) is 18.2 Å². The summed E-state index contributed by atoms with van der Waals surface area (Å²) < 4.78 is 0. The molecule has 1 aliphatic heterocycles. The van der Waals surface area contributed by atoms with E-state index in [9.17, 15) is 4.79 Å². The molecule has 0 radical (unpaired) electrons. The molecule has 3 atom stereocenters. The molecule has 4 nitrogen and oxygen atoms in total. The number of nitrogens with zero attached hydrogens (tertiary/aromatic N) is 1. The first-order valence-corrected chi connectivity index (χ1v) is 10.0. The van der Waals surface area contributed by atoms with Gasteiger partial charge < -0.3 is 16.0 Å². The maximum Gasteiger partial charge on any atom is 0.223 e. The molecule has 5 heteroatoms. The van der Waals surface area contributed by atoms with Gasteiger partial charge in [0, 0.05) is 41.8 Å². The minimum atomic E-state index is 0.162. The van der Waals surface area contributed by atoms with Crippen molar-refractivity contribution >= 4 is 23.2 Å². The predicted molar refractivity (Wildman–Crippen MR) is 102 cm³/mol. The van der Waals surface area contributed by atoms with Gasteiger partial charge in [-0.3, -0.25) is 4.79 Å². The van der Waals surface area contributed by atoms with Crippen LogP contribution in [-0.2, 0) is 4.79 Å². The number of carbonyl (C=O) groups excluding carboxylic acids is 1. The van der Waals surface area contributed by atoms with Crippen LogP contribution in [0.1, 0.15) is 38.5 Å². The molecule has 1 saturated heterocycles. The van der Waals surface area contributed by atoms with Gasteiger partial charge in [-0.2, -0.15) is 0 Å². The lowest BCUT2D eigenvalue weighted by atomic mass is 9.65. The highest BCUT2D eigenvalue weighted by atomic mass is 35.5. The van der Waals surface area contributed by atoms with E-state index in [4.69, 9.17) is 17.3 Å². The van der Waals surface area contributed by atoms with Crippen molar-refractivity contribution in [3.63, 3.8) is 0 Å². The van der Waals surface area contributed by atoms with Crippen molar-refractivity contribution in [2.24, 2.45) is 23.5 Å². The van der Waals surface area contributed by atoms with Gasteiger partial charge in [0.15, 0.2) is 0 Å². The molecule has 4 rings (SSSR count). The summed E-state index contributed by atoms with van der Waals surface area (Å²) in [5.41, 5.74) is 7.50. The van der Waals surface area contributed by atoms with Crippen LogP contribution in [0.2, 0.25) is 5.02 Å². The first-order chi connectivity index (χ1) is 12.1. The van der Waals surface area contributed by atoms with Crippen LogP contribution in [0, 0.1) is 17.8 Å². The van der Waals surface area contributed by atoms with Crippen LogP contribution in [0.4, 0.5) is 5.69 Å². The Hall–Kier alpha value is -1.26. The fraction of sp³-hybridized carbons (Fsp3) is 0.650. The summed E-state index contributed by atoms with van der Waals surface area (Å²) in [4.78, 5) is 15.1. The molecule has 136 valence electrons. The van der Waals surface area contributed by atoms with E-state index in [0.717, 1.165) is 43.1 Å². The molecule has 2 aliphatic carbocycles. The van der Waals surface area contributed by atoms with Gasteiger partial charge in [0.1, 0.15) is 0 Å². The minimum absolute atomic E-state index is 0.162. The molecule has 1 aromatic rings. The van der Waals surface area contributed by atoms with Gasteiger partial charge in [-0.1, -0.05) is 24.1 Å². The molecule has 0 spiro atoms. The summed E-state index contributed by atoms with van der Waals surface area (Å²) in [6, 6.07) is 8.51. The Kier molecular flexibility index (Phi) is 4.92. The third-order valence-corrected chi connectivity index (χ3v) is 6.73. The molecule has 2 bridgehead atoms. The lowest BCUT2D eigenvalue weighted by Gasteiger charge is -2.43. The Morgan fingerprint density at radius 2 is 1.96 bits per heavy atom. The lowest BCUT2D eigenvalue weighted by molar-refractivity contribution is -0.128. The van der Waals surface area contributed by atoms with Crippen molar-refractivity contribution in [2.45, 2.75) is 50.6 Å². The van der Waals surface area contributed by atoms with E-state index in [2.05, 4.69) is 16.3 Å². The largest absolute Gasteiger partial charge is 0.369 e. The maximum atomic E-state index is 12.8. The standard InChI is InChI=1S/C20H28ClN3O/c21-16-5-2-6-18(11-16)24-8-7-17(12-24)23-20(25)15-9-13-3-1-4-14(10-15)19(13)22/h2,5-6,11,13-15,17,19H,1,3-4,7-10,12,22H2,(H,23,25). The fourth-order valence-electron chi connectivity index (χ4n) is 5.11. The molecule has 3 unspecified atom stereocenters. The second-order valence-corrected chi connectivity index (χ2v) is 8.55. The number of nitrogens with one attached hydrogen (secondary N) is 1. The van der Waals surface area contributed by atoms with Gasteiger partial charge in [0.25, 0.3) is 0 Å². The zero-order valence-electron chi connectivity index (χ0n) is 14.7. The third kappa shape index (κ3) is 3.65. The Bertz CT molecular complexity index is 623. The average Bonchev–Trinajstić information content (AvgIpc) is 3.03. The number of amides is 1. The average molecular weight is 362 g/mol. The van der Waals surface area contributed by atoms with Crippen LogP contribution in [0.5, 0.6) is 0 Å². The molecular weight excluding hydrogens is 334 g/mol. The SMILES string of the molecule is NC1C2CCCC1CC(C(=O)NC1CCN(c3cccc(Cl)c3)C1)C2.